The first-order valence-electron chi connectivity index (χ1n) is 8.36. The van der Waals surface area contributed by atoms with Crippen molar-refractivity contribution in [2.75, 3.05) is 37.6 Å². The van der Waals surface area contributed by atoms with Crippen molar-refractivity contribution in [3.8, 4) is 0 Å². The Hall–Kier alpha value is -1.13. The SMILES string of the molecule is CC(C)CNCc1cnccc1N1CCN(C2CC2)CC1. The number of hydrogen-bond donors (Lipinski definition) is 1. The van der Waals surface area contributed by atoms with Crippen LogP contribution >= 0.6 is 0 Å². The molecular formula is C17H28N4. The molecule has 0 spiro atoms. The van der Waals surface area contributed by atoms with Crippen molar-refractivity contribution in [2.45, 2.75) is 39.3 Å². The highest BCUT2D eigenvalue weighted by atomic mass is 15.3. The van der Waals surface area contributed by atoms with Gasteiger partial charge in [-0.2, -0.15) is 0 Å². The van der Waals surface area contributed by atoms with Gasteiger partial charge in [0.2, 0.25) is 0 Å². The molecule has 4 heteroatoms. The molecule has 4 nitrogen and oxygen atoms in total. The summed E-state index contributed by atoms with van der Waals surface area (Å²) >= 11 is 0. The van der Waals surface area contributed by atoms with Gasteiger partial charge in [0.1, 0.15) is 0 Å². The van der Waals surface area contributed by atoms with Gasteiger partial charge in [-0.25, -0.2) is 0 Å². The zero-order chi connectivity index (χ0) is 14.7. The summed E-state index contributed by atoms with van der Waals surface area (Å²) in [4.78, 5) is 9.51. The van der Waals surface area contributed by atoms with E-state index < -0.39 is 0 Å². The molecule has 1 saturated carbocycles. The largest absolute Gasteiger partial charge is 0.369 e. The molecule has 116 valence electrons. The molecule has 2 aliphatic rings. The molecule has 1 aromatic heterocycles. The van der Waals surface area contributed by atoms with Crippen LogP contribution in [0.5, 0.6) is 0 Å². The second-order valence-corrected chi connectivity index (χ2v) is 6.78. The molecule has 1 saturated heterocycles. The Labute approximate surface area is 128 Å². The minimum atomic E-state index is 0.687. The molecule has 1 aliphatic heterocycles. The monoisotopic (exact) mass is 288 g/mol. The third-order valence-electron chi connectivity index (χ3n) is 4.46. The van der Waals surface area contributed by atoms with E-state index in [9.17, 15) is 0 Å². The Balaban J connectivity index is 1.59. The summed E-state index contributed by atoms with van der Waals surface area (Å²) in [6, 6.07) is 3.08. The molecule has 1 aliphatic carbocycles. The van der Waals surface area contributed by atoms with Crippen molar-refractivity contribution >= 4 is 5.69 Å². The van der Waals surface area contributed by atoms with E-state index in [0.29, 0.717) is 5.92 Å². The van der Waals surface area contributed by atoms with Crippen molar-refractivity contribution in [1.82, 2.24) is 15.2 Å². The van der Waals surface area contributed by atoms with Crippen molar-refractivity contribution in [3.05, 3.63) is 24.0 Å². The number of hydrogen-bond acceptors (Lipinski definition) is 4. The summed E-state index contributed by atoms with van der Waals surface area (Å²) in [6.45, 7) is 11.2. The van der Waals surface area contributed by atoms with E-state index in [1.165, 1.54) is 37.2 Å². The number of nitrogens with zero attached hydrogens (tertiary/aromatic N) is 3. The fraction of sp³-hybridized carbons (Fsp3) is 0.706. The Morgan fingerprint density at radius 3 is 2.67 bits per heavy atom. The third-order valence-corrected chi connectivity index (χ3v) is 4.46. The Bertz CT molecular complexity index is 448. The van der Waals surface area contributed by atoms with Gasteiger partial charge in [-0.3, -0.25) is 9.88 Å². The zero-order valence-electron chi connectivity index (χ0n) is 13.4. The lowest BCUT2D eigenvalue weighted by Gasteiger charge is -2.37. The summed E-state index contributed by atoms with van der Waals surface area (Å²) in [5, 5.41) is 3.54. The molecule has 0 amide bonds. The van der Waals surface area contributed by atoms with Crippen LogP contribution in [0.25, 0.3) is 0 Å². The standard InChI is InChI=1S/C17H28N4/c1-14(2)11-19-13-15-12-18-6-5-17(15)21-9-7-20(8-10-21)16-3-4-16/h5-6,12,14,16,19H,3-4,7-11,13H2,1-2H3. The van der Waals surface area contributed by atoms with Crippen molar-refractivity contribution < 1.29 is 0 Å². The number of rotatable bonds is 6. The van der Waals surface area contributed by atoms with Gasteiger partial charge < -0.3 is 10.2 Å². The number of nitrogens with one attached hydrogen (secondary N) is 1. The molecular weight excluding hydrogens is 260 g/mol. The average Bonchev–Trinajstić information content (AvgIpc) is 3.32. The zero-order valence-corrected chi connectivity index (χ0v) is 13.4. The van der Waals surface area contributed by atoms with E-state index in [4.69, 9.17) is 0 Å². The molecule has 21 heavy (non-hydrogen) atoms. The number of aromatic nitrogens is 1. The molecule has 2 fully saturated rings. The maximum atomic E-state index is 4.31. The summed E-state index contributed by atoms with van der Waals surface area (Å²) in [5.74, 6) is 0.687. The van der Waals surface area contributed by atoms with E-state index in [1.807, 2.05) is 12.4 Å². The van der Waals surface area contributed by atoms with Crippen LogP contribution in [0.1, 0.15) is 32.3 Å². The molecule has 0 radical (unpaired) electrons. The molecule has 0 unspecified atom stereocenters. The summed E-state index contributed by atoms with van der Waals surface area (Å²) < 4.78 is 0. The third kappa shape index (κ3) is 3.95. The number of pyridine rings is 1. The van der Waals surface area contributed by atoms with Crippen LogP contribution in [0.15, 0.2) is 18.5 Å². The van der Waals surface area contributed by atoms with Gasteiger partial charge in [0.05, 0.1) is 0 Å². The quantitative estimate of drug-likeness (QED) is 0.869. The van der Waals surface area contributed by atoms with Crippen LogP contribution in [0.4, 0.5) is 5.69 Å². The predicted molar refractivity (Wildman–Crippen MR) is 87.6 cm³/mol. The number of anilines is 1. The highest BCUT2D eigenvalue weighted by Gasteiger charge is 2.31. The molecule has 0 aromatic carbocycles. The van der Waals surface area contributed by atoms with Crippen LogP contribution in [0.2, 0.25) is 0 Å². The Kier molecular flexibility index (Phi) is 4.76. The Morgan fingerprint density at radius 1 is 1.24 bits per heavy atom. The van der Waals surface area contributed by atoms with Crippen molar-refractivity contribution in [3.63, 3.8) is 0 Å². The number of piperazine rings is 1. The van der Waals surface area contributed by atoms with Gasteiger partial charge >= 0.3 is 0 Å². The first kappa shape index (κ1) is 14.8. The normalized spacial score (nSPS) is 20.2. The first-order valence-corrected chi connectivity index (χ1v) is 8.36. The van der Waals surface area contributed by atoms with E-state index in [2.05, 4.69) is 40.0 Å². The van der Waals surface area contributed by atoms with Gasteiger partial charge in [-0.05, 0) is 31.4 Å². The maximum Gasteiger partial charge on any atom is 0.0443 e. The average molecular weight is 288 g/mol. The van der Waals surface area contributed by atoms with E-state index in [0.717, 1.165) is 32.2 Å². The predicted octanol–water partition coefficient (Wildman–Crippen LogP) is 2.11. The van der Waals surface area contributed by atoms with E-state index >= 15 is 0 Å². The molecule has 2 heterocycles. The van der Waals surface area contributed by atoms with Crippen molar-refractivity contribution in [2.24, 2.45) is 5.92 Å². The van der Waals surface area contributed by atoms with Crippen LogP contribution < -0.4 is 10.2 Å². The fourth-order valence-electron chi connectivity index (χ4n) is 3.13. The summed E-state index contributed by atoms with van der Waals surface area (Å²) in [5.41, 5.74) is 2.70. The highest BCUT2D eigenvalue weighted by Crippen LogP contribution is 2.29. The summed E-state index contributed by atoms with van der Waals surface area (Å²) in [7, 11) is 0. The lowest BCUT2D eigenvalue weighted by Crippen LogP contribution is -2.47. The topological polar surface area (TPSA) is 31.4 Å². The van der Waals surface area contributed by atoms with Crippen LogP contribution in [0.3, 0.4) is 0 Å². The van der Waals surface area contributed by atoms with Gasteiger partial charge in [-0.1, -0.05) is 13.8 Å². The summed E-state index contributed by atoms with van der Waals surface area (Å²) in [6.07, 6.45) is 6.78. The molecule has 3 rings (SSSR count). The minimum absolute atomic E-state index is 0.687. The van der Waals surface area contributed by atoms with Crippen LogP contribution in [-0.2, 0) is 6.54 Å². The van der Waals surface area contributed by atoms with E-state index in [-0.39, 0.29) is 0 Å². The van der Waals surface area contributed by atoms with Gasteiger partial charge in [0, 0.05) is 62.4 Å². The highest BCUT2D eigenvalue weighted by molar-refractivity contribution is 5.52. The van der Waals surface area contributed by atoms with Gasteiger partial charge in [-0.15, -0.1) is 0 Å². The smallest absolute Gasteiger partial charge is 0.0443 e. The molecule has 1 N–H and O–H groups in total. The van der Waals surface area contributed by atoms with E-state index in [1.54, 1.807) is 0 Å². The lowest BCUT2D eigenvalue weighted by atomic mass is 10.1. The molecule has 0 bridgehead atoms. The lowest BCUT2D eigenvalue weighted by molar-refractivity contribution is 0.248. The van der Waals surface area contributed by atoms with Crippen LogP contribution in [0, 0.1) is 5.92 Å². The Morgan fingerprint density at radius 2 is 2.00 bits per heavy atom. The van der Waals surface area contributed by atoms with Gasteiger partial charge in [0.15, 0.2) is 0 Å². The van der Waals surface area contributed by atoms with Crippen molar-refractivity contribution in [1.29, 1.82) is 0 Å². The molecule has 1 aromatic rings. The maximum absolute atomic E-state index is 4.31. The second kappa shape index (κ2) is 6.75. The molecule has 0 atom stereocenters. The van der Waals surface area contributed by atoms with Crippen LogP contribution in [-0.4, -0.2) is 48.6 Å². The minimum Gasteiger partial charge on any atom is -0.369 e. The second-order valence-electron chi connectivity index (χ2n) is 6.78. The fourth-order valence-corrected chi connectivity index (χ4v) is 3.13. The first-order chi connectivity index (χ1) is 10.2. The van der Waals surface area contributed by atoms with Gasteiger partial charge in [0.25, 0.3) is 0 Å².